The van der Waals surface area contributed by atoms with Gasteiger partial charge in [0.2, 0.25) is 5.89 Å². The number of aromatic nitrogens is 2. The van der Waals surface area contributed by atoms with Crippen molar-refractivity contribution in [3.63, 3.8) is 0 Å². The van der Waals surface area contributed by atoms with Crippen LogP contribution in [0.3, 0.4) is 0 Å². The predicted octanol–water partition coefficient (Wildman–Crippen LogP) is 2.18. The van der Waals surface area contributed by atoms with Gasteiger partial charge in [-0.2, -0.15) is 16.7 Å². The Morgan fingerprint density at radius 1 is 1.29 bits per heavy atom. The summed E-state index contributed by atoms with van der Waals surface area (Å²) in [5.74, 6) is 3.74. The smallest absolute Gasteiger partial charge is 0.226 e. The largest absolute Gasteiger partial charge is 0.339 e. The first-order valence-electron chi connectivity index (χ1n) is 6.56. The van der Waals surface area contributed by atoms with Crippen LogP contribution in [0.1, 0.15) is 42.6 Å². The van der Waals surface area contributed by atoms with Crippen molar-refractivity contribution in [3.05, 3.63) is 11.7 Å². The lowest BCUT2D eigenvalue weighted by atomic mass is 9.95. The molecule has 5 heteroatoms. The zero-order chi connectivity index (χ0) is 11.5. The molecule has 1 N–H and O–H groups in total. The van der Waals surface area contributed by atoms with Crippen molar-refractivity contribution in [2.24, 2.45) is 5.92 Å². The van der Waals surface area contributed by atoms with E-state index in [1.165, 1.54) is 31.4 Å². The molecule has 17 heavy (non-hydrogen) atoms. The fourth-order valence-corrected chi connectivity index (χ4v) is 3.79. The fourth-order valence-electron chi connectivity index (χ4n) is 2.60. The zero-order valence-electron chi connectivity index (χ0n) is 10.0. The van der Waals surface area contributed by atoms with Gasteiger partial charge in [0, 0.05) is 6.42 Å². The Morgan fingerprint density at radius 2 is 2.18 bits per heavy atom. The maximum Gasteiger partial charge on any atom is 0.226 e. The third-order valence-electron chi connectivity index (χ3n) is 3.62. The van der Waals surface area contributed by atoms with Crippen molar-refractivity contribution in [2.75, 3.05) is 18.8 Å². The molecule has 1 aromatic rings. The summed E-state index contributed by atoms with van der Waals surface area (Å²) in [6.45, 7) is 2.26. The van der Waals surface area contributed by atoms with E-state index in [0.29, 0.717) is 5.25 Å². The molecule has 0 bridgehead atoms. The number of nitrogens with one attached hydrogen (secondary N) is 1. The second-order valence-corrected chi connectivity index (χ2v) is 6.26. The van der Waals surface area contributed by atoms with Crippen LogP contribution in [0.4, 0.5) is 0 Å². The molecule has 4 nitrogen and oxygen atoms in total. The molecule has 0 radical (unpaired) electrons. The molecule has 2 aliphatic heterocycles. The van der Waals surface area contributed by atoms with Gasteiger partial charge in [-0.1, -0.05) is 5.16 Å². The Hall–Kier alpha value is -0.550. The lowest BCUT2D eigenvalue weighted by Crippen LogP contribution is -2.28. The minimum absolute atomic E-state index is 0.487. The van der Waals surface area contributed by atoms with Crippen LogP contribution >= 0.6 is 11.8 Å². The Bertz CT molecular complexity index is 356. The van der Waals surface area contributed by atoms with Crippen molar-refractivity contribution in [3.8, 4) is 0 Å². The second kappa shape index (κ2) is 5.40. The molecule has 1 unspecified atom stereocenters. The van der Waals surface area contributed by atoms with E-state index >= 15 is 0 Å². The van der Waals surface area contributed by atoms with Gasteiger partial charge < -0.3 is 9.84 Å². The van der Waals surface area contributed by atoms with E-state index in [0.717, 1.165) is 37.1 Å². The molecular formula is C12H19N3OS. The first-order valence-corrected chi connectivity index (χ1v) is 7.61. The van der Waals surface area contributed by atoms with Crippen molar-refractivity contribution in [1.29, 1.82) is 0 Å². The Morgan fingerprint density at radius 3 is 2.94 bits per heavy atom. The maximum atomic E-state index is 5.38. The lowest BCUT2D eigenvalue weighted by Gasteiger charge is -2.20. The van der Waals surface area contributed by atoms with Crippen LogP contribution in [0.5, 0.6) is 0 Å². The highest BCUT2D eigenvalue weighted by Crippen LogP contribution is 2.38. The average molecular weight is 253 g/mol. The highest BCUT2D eigenvalue weighted by atomic mass is 32.2. The van der Waals surface area contributed by atoms with E-state index in [1.54, 1.807) is 0 Å². The van der Waals surface area contributed by atoms with Crippen LogP contribution in [0.25, 0.3) is 0 Å². The number of hydrogen-bond acceptors (Lipinski definition) is 5. The lowest BCUT2D eigenvalue weighted by molar-refractivity contribution is 0.312. The van der Waals surface area contributed by atoms with Crippen LogP contribution in [0.15, 0.2) is 4.52 Å². The number of hydrogen-bond donors (Lipinski definition) is 1. The molecule has 2 fully saturated rings. The standard InChI is InChI=1S/C12H19N3OS/c1-2-10(17-7-1)12-14-11(16-15-12)8-9-3-5-13-6-4-9/h9-10,13H,1-8H2. The van der Waals surface area contributed by atoms with Gasteiger partial charge >= 0.3 is 0 Å². The summed E-state index contributed by atoms with van der Waals surface area (Å²) in [4.78, 5) is 4.57. The maximum absolute atomic E-state index is 5.38. The van der Waals surface area contributed by atoms with Crippen molar-refractivity contribution in [2.45, 2.75) is 37.4 Å². The topological polar surface area (TPSA) is 51.0 Å². The fraction of sp³-hybridized carbons (Fsp3) is 0.833. The minimum Gasteiger partial charge on any atom is -0.339 e. The van der Waals surface area contributed by atoms with Crippen molar-refractivity contribution < 1.29 is 4.52 Å². The molecule has 0 aromatic carbocycles. The highest BCUT2D eigenvalue weighted by molar-refractivity contribution is 7.99. The van der Waals surface area contributed by atoms with Crippen LogP contribution in [0, 0.1) is 5.92 Å². The summed E-state index contributed by atoms with van der Waals surface area (Å²) >= 11 is 1.96. The normalized spacial score (nSPS) is 26.5. The van der Waals surface area contributed by atoms with Crippen molar-refractivity contribution >= 4 is 11.8 Å². The molecule has 2 aliphatic rings. The molecular weight excluding hydrogens is 234 g/mol. The Balaban J connectivity index is 1.59. The van der Waals surface area contributed by atoms with Crippen LogP contribution in [0.2, 0.25) is 0 Å². The minimum atomic E-state index is 0.487. The molecule has 94 valence electrons. The van der Waals surface area contributed by atoms with Gasteiger partial charge in [-0.15, -0.1) is 0 Å². The molecule has 3 heterocycles. The molecule has 0 saturated carbocycles. The number of piperidine rings is 1. The van der Waals surface area contributed by atoms with Gasteiger partial charge in [-0.3, -0.25) is 0 Å². The van der Waals surface area contributed by atoms with Gasteiger partial charge in [-0.25, -0.2) is 0 Å². The van der Waals surface area contributed by atoms with E-state index in [2.05, 4.69) is 15.5 Å². The molecule has 0 spiro atoms. The first kappa shape index (κ1) is 11.5. The summed E-state index contributed by atoms with van der Waals surface area (Å²) in [5, 5.41) is 8.01. The second-order valence-electron chi connectivity index (χ2n) is 4.95. The van der Waals surface area contributed by atoms with Crippen LogP contribution < -0.4 is 5.32 Å². The van der Waals surface area contributed by atoms with Gasteiger partial charge in [0.15, 0.2) is 5.82 Å². The van der Waals surface area contributed by atoms with Gasteiger partial charge in [0.05, 0.1) is 5.25 Å². The molecule has 3 rings (SSSR count). The highest BCUT2D eigenvalue weighted by Gasteiger charge is 2.24. The summed E-state index contributed by atoms with van der Waals surface area (Å²) in [7, 11) is 0. The molecule has 0 amide bonds. The summed E-state index contributed by atoms with van der Waals surface area (Å²) in [6, 6.07) is 0. The van der Waals surface area contributed by atoms with Gasteiger partial charge in [0.1, 0.15) is 0 Å². The zero-order valence-corrected chi connectivity index (χ0v) is 10.8. The molecule has 1 aromatic heterocycles. The quantitative estimate of drug-likeness (QED) is 0.894. The summed E-state index contributed by atoms with van der Waals surface area (Å²) in [6.07, 6.45) is 5.92. The monoisotopic (exact) mass is 253 g/mol. The van der Waals surface area contributed by atoms with E-state index in [1.807, 2.05) is 11.8 Å². The van der Waals surface area contributed by atoms with Crippen LogP contribution in [-0.2, 0) is 6.42 Å². The Labute approximate surface area is 106 Å². The average Bonchev–Trinajstić information content (AvgIpc) is 3.00. The summed E-state index contributed by atoms with van der Waals surface area (Å²) < 4.78 is 5.38. The van der Waals surface area contributed by atoms with E-state index < -0.39 is 0 Å². The number of nitrogens with zero attached hydrogens (tertiary/aromatic N) is 2. The number of rotatable bonds is 3. The van der Waals surface area contributed by atoms with Gasteiger partial charge in [-0.05, 0) is 50.4 Å². The van der Waals surface area contributed by atoms with E-state index in [9.17, 15) is 0 Å². The first-order chi connectivity index (χ1) is 8.42. The summed E-state index contributed by atoms with van der Waals surface area (Å²) in [5.41, 5.74) is 0. The van der Waals surface area contributed by atoms with Gasteiger partial charge in [0.25, 0.3) is 0 Å². The molecule has 2 saturated heterocycles. The SMILES string of the molecule is C1CSC(c2noc(CC3CCNCC3)n2)C1. The van der Waals surface area contributed by atoms with E-state index in [4.69, 9.17) is 4.52 Å². The van der Waals surface area contributed by atoms with E-state index in [-0.39, 0.29) is 0 Å². The third kappa shape index (κ3) is 2.83. The third-order valence-corrected chi connectivity index (χ3v) is 5.00. The Kier molecular flexibility index (Phi) is 3.66. The predicted molar refractivity (Wildman–Crippen MR) is 68.0 cm³/mol. The van der Waals surface area contributed by atoms with Crippen molar-refractivity contribution in [1.82, 2.24) is 15.5 Å². The molecule has 1 atom stereocenters. The van der Waals surface area contributed by atoms with Crippen LogP contribution in [-0.4, -0.2) is 29.0 Å². The number of thioether (sulfide) groups is 1. The molecule has 0 aliphatic carbocycles.